The lowest BCUT2D eigenvalue weighted by Crippen LogP contribution is -2.71. The van der Waals surface area contributed by atoms with E-state index in [-0.39, 0.29) is 5.56 Å². The van der Waals surface area contributed by atoms with Gasteiger partial charge >= 0.3 is 10.4 Å². The Labute approximate surface area is 463 Å². The van der Waals surface area contributed by atoms with Gasteiger partial charge in [0, 0.05) is 33.4 Å². The first-order valence-corrected chi connectivity index (χ1v) is 27.7. The summed E-state index contributed by atoms with van der Waals surface area (Å²) in [4.78, 5) is 51.5. The Morgan fingerprint density at radius 2 is 1.05 bits per heavy atom. The number of carbonyl (C=O) groups excluding carboxylic acids is 4. The standard InChI is InChI=1S/C50H80N4O25S/c1-7-8-9-10-11-12-13-14-15-19-71-29-18-16-17-28(20-29)46(66)54-34-39(62)38(61)30(21-55)73-48(34)77-43-31(22-56)74-49(36(41(43)64)52-26(3)59)78-44-32(23-57)75-50(37(42(44)65)53-27(4)60)79-45-33(24-72-80(67,68)70-6)76-47(69-5)35(40(45)63)51-25(2)58/h12-13,16-18,20,30-45,47-50,55-57,61-65H,7-11,14-15,19,21-24H2,1-6H3,(H,51,58)(H,52,59)(H,53,60)(H,54,66)/b13-12-. The van der Waals surface area contributed by atoms with Crippen molar-refractivity contribution in [3.05, 3.63) is 42.0 Å². The largest absolute Gasteiger partial charge is 0.494 e. The highest BCUT2D eigenvalue weighted by atomic mass is 32.3. The number of nitrogens with one attached hydrogen (secondary N) is 4. The van der Waals surface area contributed by atoms with E-state index in [1.165, 1.54) is 38.5 Å². The molecule has 4 amide bonds. The smallest absolute Gasteiger partial charge is 0.399 e. The van der Waals surface area contributed by atoms with E-state index in [0.717, 1.165) is 47.1 Å². The summed E-state index contributed by atoms with van der Waals surface area (Å²) in [6.45, 7) is 2.04. The molecule has 30 heteroatoms. The number of unbranched alkanes of at least 4 members (excludes halogenated alkanes) is 5. The molecule has 1 aromatic rings. The summed E-state index contributed by atoms with van der Waals surface area (Å²) in [6.07, 6.45) is -16.6. The van der Waals surface area contributed by atoms with Gasteiger partial charge in [0.2, 0.25) is 17.7 Å². The Balaban J connectivity index is 1.35. The maximum atomic E-state index is 13.8. The zero-order valence-electron chi connectivity index (χ0n) is 45.4. The summed E-state index contributed by atoms with van der Waals surface area (Å²) in [5, 5.41) is 99.6. The number of carbonyl (C=O) groups is 4. The quantitative estimate of drug-likeness (QED) is 0.0272. The predicted octanol–water partition coefficient (Wildman–Crippen LogP) is -3.62. The molecule has 0 spiro atoms. The molecule has 0 aliphatic carbocycles. The SMILES string of the molecule is CCCCCC/C=C\CCCOc1cccc(C(=O)NC2C(OC3C(CO)OC(OC4C(CO)OC(OC5C(COS(=O)(=O)OC)OC(OC)C(NC(C)=O)C5O)C(NC(C)=O)C4O)C(NC(C)=O)C3O)OC(CO)C(O)C2O)c1. The van der Waals surface area contributed by atoms with Crippen molar-refractivity contribution in [3.8, 4) is 5.75 Å². The fraction of sp³-hybridized carbons (Fsp3) is 0.760. The molecule has 20 unspecified atom stereocenters. The molecule has 4 heterocycles. The number of hydrogen-bond acceptors (Lipinski definition) is 25. The van der Waals surface area contributed by atoms with E-state index >= 15 is 0 Å². The highest BCUT2D eigenvalue weighted by molar-refractivity contribution is 7.81. The average Bonchev–Trinajstić information content (AvgIpc) is 3.50. The van der Waals surface area contributed by atoms with Gasteiger partial charge in [-0.25, -0.2) is 4.18 Å². The van der Waals surface area contributed by atoms with Gasteiger partial charge in [-0.2, -0.15) is 8.42 Å². The van der Waals surface area contributed by atoms with E-state index < -0.39 is 183 Å². The number of aliphatic hydroxyl groups excluding tert-OH is 8. The first kappa shape index (κ1) is 66.7. The second-order valence-corrected chi connectivity index (χ2v) is 21.0. The van der Waals surface area contributed by atoms with Gasteiger partial charge in [0.05, 0.1) is 40.1 Å². The Morgan fingerprint density at radius 3 is 1.52 bits per heavy atom. The Kier molecular flexibility index (Phi) is 26.7. The number of rotatable bonds is 29. The average molecular weight is 1170 g/mol. The number of aliphatic hydroxyl groups is 8. The molecule has 4 aliphatic heterocycles. The zero-order valence-corrected chi connectivity index (χ0v) is 46.2. The third kappa shape index (κ3) is 18.2. The van der Waals surface area contributed by atoms with Crippen LogP contribution in [0.4, 0.5) is 0 Å². The molecule has 20 atom stereocenters. The lowest BCUT2D eigenvalue weighted by atomic mass is 9.93. The third-order valence-electron chi connectivity index (χ3n) is 13.6. The fourth-order valence-corrected chi connectivity index (χ4v) is 9.98. The minimum atomic E-state index is -4.62. The molecule has 12 N–H and O–H groups in total. The molecular formula is C50H80N4O25S. The summed E-state index contributed by atoms with van der Waals surface area (Å²) < 4.78 is 87.1. The first-order chi connectivity index (χ1) is 38.1. The summed E-state index contributed by atoms with van der Waals surface area (Å²) in [5.41, 5.74) is 0.0682. The van der Waals surface area contributed by atoms with Crippen LogP contribution < -0.4 is 26.0 Å². The highest BCUT2D eigenvalue weighted by Gasteiger charge is 2.56. The Morgan fingerprint density at radius 1 is 0.588 bits per heavy atom. The second-order valence-electron chi connectivity index (χ2n) is 19.6. The van der Waals surface area contributed by atoms with Crippen molar-refractivity contribution in [1.29, 1.82) is 0 Å². The molecule has 4 saturated heterocycles. The van der Waals surface area contributed by atoms with Crippen molar-refractivity contribution in [2.24, 2.45) is 0 Å². The first-order valence-electron chi connectivity index (χ1n) is 26.4. The van der Waals surface area contributed by atoms with E-state index in [1.807, 2.05) is 0 Å². The van der Waals surface area contributed by atoms with Crippen LogP contribution in [0.5, 0.6) is 5.75 Å². The molecule has 80 heavy (non-hydrogen) atoms. The van der Waals surface area contributed by atoms with E-state index in [2.05, 4.69) is 44.5 Å². The van der Waals surface area contributed by atoms with Crippen LogP contribution >= 0.6 is 0 Å². The zero-order chi connectivity index (χ0) is 58.8. The molecule has 0 aromatic heterocycles. The summed E-state index contributed by atoms with van der Waals surface area (Å²) >= 11 is 0. The monoisotopic (exact) mass is 1170 g/mol. The Hall–Kier alpha value is -4.13. The third-order valence-corrected chi connectivity index (χ3v) is 14.5. The molecule has 1 aromatic carbocycles. The van der Waals surface area contributed by atoms with Gasteiger partial charge in [-0.05, 0) is 43.9 Å². The molecule has 4 aliphatic rings. The molecule has 29 nitrogen and oxygen atoms in total. The topological polar surface area (TPSA) is 414 Å². The van der Waals surface area contributed by atoms with E-state index in [1.54, 1.807) is 12.1 Å². The van der Waals surface area contributed by atoms with E-state index in [9.17, 15) is 68.4 Å². The minimum absolute atomic E-state index is 0.0682. The summed E-state index contributed by atoms with van der Waals surface area (Å²) in [6, 6.07) is -0.278. The van der Waals surface area contributed by atoms with Gasteiger partial charge in [-0.3, -0.25) is 23.4 Å². The van der Waals surface area contributed by atoms with Gasteiger partial charge in [-0.15, -0.1) is 0 Å². The van der Waals surface area contributed by atoms with Gasteiger partial charge < -0.3 is 105 Å². The van der Waals surface area contributed by atoms with Crippen LogP contribution in [0.1, 0.15) is 83.0 Å². The van der Waals surface area contributed by atoms with Crippen molar-refractivity contribution in [2.75, 3.05) is 47.3 Å². The van der Waals surface area contributed by atoms with Gasteiger partial charge in [0.15, 0.2) is 25.2 Å². The summed E-state index contributed by atoms with van der Waals surface area (Å²) in [7, 11) is -2.64. The van der Waals surface area contributed by atoms with Crippen LogP contribution in [0, 0.1) is 0 Å². The molecule has 456 valence electrons. The van der Waals surface area contributed by atoms with Crippen molar-refractivity contribution < 1.29 is 119 Å². The van der Waals surface area contributed by atoms with Crippen LogP contribution in [0.3, 0.4) is 0 Å². The van der Waals surface area contributed by atoms with Crippen molar-refractivity contribution in [1.82, 2.24) is 21.3 Å². The van der Waals surface area contributed by atoms with Gasteiger partial charge in [0.1, 0.15) is 103 Å². The molecule has 4 fully saturated rings. The number of hydrogen-bond donors (Lipinski definition) is 12. The summed E-state index contributed by atoms with van der Waals surface area (Å²) in [5.74, 6) is -2.66. The predicted molar refractivity (Wildman–Crippen MR) is 273 cm³/mol. The lowest BCUT2D eigenvalue weighted by molar-refractivity contribution is -0.362. The minimum Gasteiger partial charge on any atom is -0.494 e. The van der Waals surface area contributed by atoms with Crippen LogP contribution in [-0.2, 0) is 71.0 Å². The molecule has 5 rings (SSSR count). The lowest BCUT2D eigenvalue weighted by Gasteiger charge is -2.51. The van der Waals surface area contributed by atoms with Gasteiger partial charge in [-0.1, -0.05) is 44.4 Å². The van der Waals surface area contributed by atoms with Crippen LogP contribution in [-0.4, -0.2) is 243 Å². The van der Waals surface area contributed by atoms with Crippen LogP contribution in [0.15, 0.2) is 36.4 Å². The van der Waals surface area contributed by atoms with Crippen molar-refractivity contribution >= 4 is 34.0 Å². The van der Waals surface area contributed by atoms with Crippen LogP contribution in [0.25, 0.3) is 0 Å². The van der Waals surface area contributed by atoms with Gasteiger partial charge in [0.25, 0.3) is 5.91 Å². The number of ether oxygens (including phenoxy) is 9. The molecule has 0 radical (unpaired) electrons. The molecule has 0 bridgehead atoms. The normalized spacial score (nSPS) is 34.8. The van der Waals surface area contributed by atoms with Crippen molar-refractivity contribution in [2.45, 2.75) is 195 Å². The van der Waals surface area contributed by atoms with Crippen molar-refractivity contribution in [3.63, 3.8) is 0 Å². The molecular weight excluding hydrogens is 1090 g/mol. The second kappa shape index (κ2) is 32.1. The highest BCUT2D eigenvalue weighted by Crippen LogP contribution is 2.35. The van der Waals surface area contributed by atoms with E-state index in [4.69, 9.17) is 46.8 Å². The maximum absolute atomic E-state index is 13.8. The number of amides is 4. The fourth-order valence-electron chi connectivity index (χ4n) is 9.58. The van der Waals surface area contributed by atoms with E-state index in [0.29, 0.717) is 18.8 Å². The Bertz CT molecular complexity index is 2250. The number of methoxy groups -OCH3 is 1. The number of benzene rings is 1. The van der Waals surface area contributed by atoms with Crippen LogP contribution in [0.2, 0.25) is 0 Å². The molecule has 0 saturated carbocycles. The maximum Gasteiger partial charge on any atom is 0.399 e. The number of allylic oxidation sites excluding steroid dienone is 2.